The summed E-state index contributed by atoms with van der Waals surface area (Å²) in [4.78, 5) is 18.5. The number of hydrogen-bond acceptors (Lipinski definition) is 3. The minimum Gasteiger partial charge on any atom is -0.406 e. The summed E-state index contributed by atoms with van der Waals surface area (Å²) >= 11 is 0. The number of aryl methyl sites for hydroxylation is 1. The van der Waals surface area contributed by atoms with Crippen molar-refractivity contribution in [2.75, 3.05) is 0 Å². The fourth-order valence-corrected chi connectivity index (χ4v) is 2.21. The van der Waals surface area contributed by atoms with E-state index in [2.05, 4.69) is 14.7 Å². The SMILES string of the molecule is Cc1nc2ccc(-c3ccc(OC(F)(F)F)cc3)cc2[nH]c1=O. The maximum atomic E-state index is 12.1. The van der Waals surface area contributed by atoms with Crippen LogP contribution in [0.15, 0.2) is 47.3 Å². The van der Waals surface area contributed by atoms with Crippen LogP contribution >= 0.6 is 0 Å². The molecule has 0 radical (unpaired) electrons. The predicted octanol–water partition coefficient (Wildman–Crippen LogP) is 3.80. The largest absolute Gasteiger partial charge is 0.573 e. The average molecular weight is 320 g/mol. The van der Waals surface area contributed by atoms with Crippen LogP contribution in [0, 0.1) is 6.92 Å². The normalized spacial score (nSPS) is 11.7. The number of halogens is 3. The van der Waals surface area contributed by atoms with Gasteiger partial charge >= 0.3 is 6.36 Å². The minimum absolute atomic E-state index is 0.274. The van der Waals surface area contributed by atoms with Crippen molar-refractivity contribution in [1.29, 1.82) is 0 Å². The van der Waals surface area contributed by atoms with E-state index >= 15 is 0 Å². The standard InChI is InChI=1S/C16H11F3N2O2/c1-9-15(22)21-14-8-11(4-7-13(14)20-9)10-2-5-12(6-3-10)23-16(17,18)19/h2-8H,1H3,(H,21,22). The summed E-state index contributed by atoms with van der Waals surface area (Å²) in [6, 6.07) is 10.8. The first-order chi connectivity index (χ1) is 10.8. The lowest BCUT2D eigenvalue weighted by Crippen LogP contribution is -2.16. The smallest absolute Gasteiger partial charge is 0.406 e. The zero-order valence-electron chi connectivity index (χ0n) is 11.9. The Bertz CT molecular complexity index is 915. The van der Waals surface area contributed by atoms with E-state index in [1.165, 1.54) is 24.3 Å². The Labute approximate surface area is 128 Å². The molecule has 0 aliphatic rings. The first-order valence-corrected chi connectivity index (χ1v) is 6.69. The lowest BCUT2D eigenvalue weighted by Gasteiger charge is -2.09. The van der Waals surface area contributed by atoms with Gasteiger partial charge in [-0.2, -0.15) is 0 Å². The van der Waals surface area contributed by atoms with Crippen molar-refractivity contribution in [3.8, 4) is 16.9 Å². The zero-order valence-corrected chi connectivity index (χ0v) is 11.9. The second-order valence-electron chi connectivity index (χ2n) is 4.96. The van der Waals surface area contributed by atoms with E-state index in [9.17, 15) is 18.0 Å². The van der Waals surface area contributed by atoms with Gasteiger partial charge in [-0.25, -0.2) is 4.98 Å². The van der Waals surface area contributed by atoms with Crippen molar-refractivity contribution in [3.05, 3.63) is 58.5 Å². The number of H-pyrrole nitrogens is 1. The fraction of sp³-hybridized carbons (Fsp3) is 0.125. The maximum absolute atomic E-state index is 12.1. The third-order valence-electron chi connectivity index (χ3n) is 3.28. The first kappa shape index (κ1) is 15.1. The molecule has 0 bridgehead atoms. The van der Waals surface area contributed by atoms with E-state index in [0.717, 1.165) is 5.56 Å². The van der Waals surface area contributed by atoms with Gasteiger partial charge in [0.15, 0.2) is 0 Å². The van der Waals surface area contributed by atoms with Crippen LogP contribution in [0.5, 0.6) is 5.75 Å². The van der Waals surface area contributed by atoms with Crippen LogP contribution in [0.1, 0.15) is 5.69 Å². The van der Waals surface area contributed by atoms with Gasteiger partial charge in [0.1, 0.15) is 11.4 Å². The number of hydrogen-bond donors (Lipinski definition) is 1. The molecule has 118 valence electrons. The van der Waals surface area contributed by atoms with E-state index in [4.69, 9.17) is 0 Å². The molecule has 1 heterocycles. The molecule has 0 saturated carbocycles. The highest BCUT2D eigenvalue weighted by Gasteiger charge is 2.30. The van der Waals surface area contributed by atoms with Crippen LogP contribution in [0.2, 0.25) is 0 Å². The molecule has 2 aromatic carbocycles. The van der Waals surface area contributed by atoms with Gasteiger partial charge in [-0.1, -0.05) is 18.2 Å². The number of fused-ring (bicyclic) bond motifs is 1. The number of alkyl halides is 3. The third-order valence-corrected chi connectivity index (χ3v) is 3.28. The molecule has 0 amide bonds. The first-order valence-electron chi connectivity index (χ1n) is 6.69. The minimum atomic E-state index is -4.71. The number of nitrogens with one attached hydrogen (secondary N) is 1. The quantitative estimate of drug-likeness (QED) is 0.781. The molecule has 0 atom stereocenters. The molecule has 0 aliphatic heterocycles. The summed E-state index contributed by atoms with van der Waals surface area (Å²) in [6.45, 7) is 1.62. The number of aromatic amines is 1. The van der Waals surface area contributed by atoms with Crippen molar-refractivity contribution < 1.29 is 17.9 Å². The average Bonchev–Trinajstić information content (AvgIpc) is 2.47. The molecule has 0 saturated heterocycles. The molecule has 0 fully saturated rings. The molecular formula is C16H11F3N2O2. The van der Waals surface area contributed by atoms with Gasteiger partial charge in [-0.15, -0.1) is 13.2 Å². The Morgan fingerprint density at radius 1 is 1.04 bits per heavy atom. The lowest BCUT2D eigenvalue weighted by atomic mass is 10.0. The summed E-state index contributed by atoms with van der Waals surface area (Å²) in [5, 5.41) is 0. The Balaban J connectivity index is 1.96. The van der Waals surface area contributed by atoms with Crippen molar-refractivity contribution in [2.24, 2.45) is 0 Å². The van der Waals surface area contributed by atoms with Gasteiger partial charge in [-0.3, -0.25) is 4.79 Å². The van der Waals surface area contributed by atoms with Crippen LogP contribution in [-0.4, -0.2) is 16.3 Å². The van der Waals surface area contributed by atoms with E-state index in [1.807, 2.05) is 0 Å². The molecule has 4 nitrogen and oxygen atoms in total. The summed E-state index contributed by atoms with van der Waals surface area (Å²) in [7, 11) is 0. The molecule has 1 aromatic heterocycles. The number of rotatable bonds is 2. The maximum Gasteiger partial charge on any atom is 0.573 e. The van der Waals surface area contributed by atoms with Crippen LogP contribution in [0.25, 0.3) is 22.2 Å². The van der Waals surface area contributed by atoms with Crippen LogP contribution in [0.4, 0.5) is 13.2 Å². The monoisotopic (exact) mass is 320 g/mol. The summed E-state index contributed by atoms with van der Waals surface area (Å²) in [6.07, 6.45) is -4.71. The van der Waals surface area contributed by atoms with Crippen molar-refractivity contribution in [3.63, 3.8) is 0 Å². The molecule has 3 rings (SSSR count). The molecule has 0 unspecified atom stereocenters. The topological polar surface area (TPSA) is 55.0 Å². The number of benzene rings is 2. The molecule has 3 aromatic rings. The number of aromatic nitrogens is 2. The zero-order chi connectivity index (χ0) is 16.6. The fourth-order valence-electron chi connectivity index (χ4n) is 2.21. The van der Waals surface area contributed by atoms with E-state index in [1.54, 1.807) is 25.1 Å². The highest BCUT2D eigenvalue weighted by atomic mass is 19.4. The van der Waals surface area contributed by atoms with Crippen molar-refractivity contribution in [1.82, 2.24) is 9.97 Å². The Morgan fingerprint density at radius 2 is 1.70 bits per heavy atom. The Kier molecular flexibility index (Phi) is 3.55. The molecule has 0 aliphatic carbocycles. The van der Waals surface area contributed by atoms with Gasteiger partial charge in [-0.05, 0) is 42.3 Å². The summed E-state index contributed by atoms with van der Waals surface area (Å²) in [5.41, 5.74) is 2.75. The Morgan fingerprint density at radius 3 is 2.35 bits per heavy atom. The van der Waals surface area contributed by atoms with Crippen LogP contribution in [0.3, 0.4) is 0 Å². The van der Waals surface area contributed by atoms with Gasteiger partial charge < -0.3 is 9.72 Å². The molecule has 7 heteroatoms. The molecular weight excluding hydrogens is 309 g/mol. The predicted molar refractivity (Wildman–Crippen MR) is 79.2 cm³/mol. The Hall–Kier alpha value is -2.83. The number of nitrogens with zero attached hydrogens (tertiary/aromatic N) is 1. The highest BCUT2D eigenvalue weighted by molar-refractivity contribution is 5.81. The van der Waals surface area contributed by atoms with E-state index in [-0.39, 0.29) is 11.3 Å². The van der Waals surface area contributed by atoms with Crippen LogP contribution in [-0.2, 0) is 0 Å². The highest BCUT2D eigenvalue weighted by Crippen LogP contribution is 2.27. The molecule has 0 spiro atoms. The summed E-state index contributed by atoms with van der Waals surface area (Å²) in [5.74, 6) is -0.285. The molecule has 1 N–H and O–H groups in total. The number of ether oxygens (including phenoxy) is 1. The second kappa shape index (κ2) is 5.42. The van der Waals surface area contributed by atoms with Gasteiger partial charge in [0.2, 0.25) is 0 Å². The lowest BCUT2D eigenvalue weighted by molar-refractivity contribution is -0.274. The van der Waals surface area contributed by atoms with E-state index < -0.39 is 6.36 Å². The van der Waals surface area contributed by atoms with E-state index in [0.29, 0.717) is 22.3 Å². The van der Waals surface area contributed by atoms with Gasteiger partial charge in [0.25, 0.3) is 5.56 Å². The van der Waals surface area contributed by atoms with Crippen LogP contribution < -0.4 is 10.3 Å². The second-order valence-corrected chi connectivity index (χ2v) is 4.96. The van der Waals surface area contributed by atoms with Gasteiger partial charge in [0, 0.05) is 0 Å². The summed E-state index contributed by atoms with van der Waals surface area (Å²) < 4.78 is 40.3. The van der Waals surface area contributed by atoms with Gasteiger partial charge in [0.05, 0.1) is 11.0 Å². The van der Waals surface area contributed by atoms with Crippen molar-refractivity contribution >= 4 is 11.0 Å². The van der Waals surface area contributed by atoms with Crippen molar-refractivity contribution in [2.45, 2.75) is 13.3 Å². The third kappa shape index (κ3) is 3.33. The molecule has 23 heavy (non-hydrogen) atoms.